The average Bonchev–Trinajstić information content (AvgIpc) is 2.91. The van der Waals surface area contributed by atoms with Crippen LogP contribution in [0, 0.1) is 5.92 Å². The molecule has 2 rings (SSSR count). The molecule has 0 aliphatic heterocycles. The summed E-state index contributed by atoms with van der Waals surface area (Å²) in [5, 5.41) is 0. The lowest BCUT2D eigenvalue weighted by molar-refractivity contribution is -0.447. The molecular formula is C24H22F16O2. The summed E-state index contributed by atoms with van der Waals surface area (Å²) < 4.78 is 218. The van der Waals surface area contributed by atoms with E-state index < -0.39 is 66.0 Å². The molecule has 0 aromatic heterocycles. The number of rotatable bonds is 12. The zero-order valence-electron chi connectivity index (χ0n) is 21.1. The fraction of sp³-hybridized carbons (Fsp3) is 0.708. The maximum absolute atomic E-state index is 14.0. The van der Waals surface area contributed by atoms with Gasteiger partial charge in [-0.3, -0.25) is 0 Å². The SMILES string of the molecule is CCC1CCC(c2ccc(C(=O)OCC(F)(F)C(F)(F)C(F)(F)C(F)(F)C(F)(F)C(F)(F)C(F)(F)C(F)F)cc2)CC1. The van der Waals surface area contributed by atoms with E-state index in [4.69, 9.17) is 0 Å². The van der Waals surface area contributed by atoms with Crippen LogP contribution in [-0.2, 0) is 4.74 Å². The van der Waals surface area contributed by atoms with Gasteiger partial charge in [0.2, 0.25) is 0 Å². The maximum atomic E-state index is 14.0. The Hall–Kier alpha value is -2.43. The molecule has 0 atom stereocenters. The number of carbonyl (C=O) groups excluding carboxylic acids is 1. The number of ether oxygens (including phenoxy) is 1. The summed E-state index contributed by atoms with van der Waals surface area (Å²) in [6.45, 7) is -1.19. The Labute approximate surface area is 227 Å². The molecule has 1 aliphatic rings. The summed E-state index contributed by atoms with van der Waals surface area (Å²) >= 11 is 0. The molecule has 18 heteroatoms. The highest BCUT2D eigenvalue weighted by atomic mass is 19.4. The highest BCUT2D eigenvalue weighted by Crippen LogP contribution is 2.62. The van der Waals surface area contributed by atoms with Crippen molar-refractivity contribution in [3.8, 4) is 0 Å². The highest BCUT2D eigenvalue weighted by molar-refractivity contribution is 5.89. The van der Waals surface area contributed by atoms with Crippen LogP contribution in [0.25, 0.3) is 0 Å². The van der Waals surface area contributed by atoms with E-state index in [-0.39, 0.29) is 5.92 Å². The minimum absolute atomic E-state index is 0.0518. The number of esters is 1. The van der Waals surface area contributed by atoms with E-state index in [1.807, 2.05) is 6.92 Å². The van der Waals surface area contributed by atoms with Crippen LogP contribution in [0.1, 0.15) is 60.9 Å². The molecule has 0 radical (unpaired) electrons. The van der Waals surface area contributed by atoms with Crippen molar-refractivity contribution in [2.75, 3.05) is 6.61 Å². The molecule has 1 saturated carbocycles. The van der Waals surface area contributed by atoms with Crippen LogP contribution >= 0.6 is 0 Å². The normalized spacial score (nSPS) is 20.1. The second-order valence-electron chi connectivity index (χ2n) is 9.82. The predicted molar refractivity (Wildman–Crippen MR) is 112 cm³/mol. The van der Waals surface area contributed by atoms with Crippen molar-refractivity contribution in [2.45, 2.75) is 92.8 Å². The molecule has 42 heavy (non-hydrogen) atoms. The van der Waals surface area contributed by atoms with Gasteiger partial charge in [0.15, 0.2) is 6.61 Å². The summed E-state index contributed by atoms with van der Waals surface area (Å²) in [6, 6.07) is 4.61. The number of benzene rings is 1. The Kier molecular flexibility index (Phi) is 9.86. The molecule has 0 spiro atoms. The number of halogens is 16. The van der Waals surface area contributed by atoms with Crippen LogP contribution < -0.4 is 0 Å². The summed E-state index contributed by atoms with van der Waals surface area (Å²) in [5.41, 5.74) is 0.0626. The topological polar surface area (TPSA) is 26.3 Å². The first-order valence-corrected chi connectivity index (χ1v) is 12.0. The molecule has 1 aromatic carbocycles. The van der Waals surface area contributed by atoms with Gasteiger partial charge >= 0.3 is 53.9 Å². The first-order valence-electron chi connectivity index (χ1n) is 12.0. The Morgan fingerprint density at radius 2 is 1.14 bits per heavy atom. The van der Waals surface area contributed by atoms with Crippen molar-refractivity contribution in [3.63, 3.8) is 0 Å². The van der Waals surface area contributed by atoms with Gasteiger partial charge in [0, 0.05) is 0 Å². The van der Waals surface area contributed by atoms with E-state index in [2.05, 4.69) is 4.74 Å². The Morgan fingerprint density at radius 1 is 0.714 bits per heavy atom. The summed E-state index contributed by atoms with van der Waals surface area (Å²) in [5.74, 6) is -56.8. The smallest absolute Gasteiger partial charge is 0.385 e. The monoisotopic (exact) mass is 646 g/mol. The molecule has 1 fully saturated rings. The fourth-order valence-corrected chi connectivity index (χ4v) is 4.29. The van der Waals surface area contributed by atoms with Gasteiger partial charge in [-0.1, -0.05) is 25.5 Å². The van der Waals surface area contributed by atoms with E-state index in [1.54, 1.807) is 0 Å². The van der Waals surface area contributed by atoms with Crippen molar-refractivity contribution < 1.29 is 79.8 Å². The quantitative estimate of drug-likeness (QED) is 0.167. The van der Waals surface area contributed by atoms with E-state index in [9.17, 15) is 75.0 Å². The summed E-state index contributed by atoms with van der Waals surface area (Å²) in [4.78, 5) is 12.0. The van der Waals surface area contributed by atoms with Crippen molar-refractivity contribution in [2.24, 2.45) is 5.92 Å². The minimum Gasteiger partial charge on any atom is -0.455 e. The lowest BCUT2D eigenvalue weighted by atomic mass is 9.78. The van der Waals surface area contributed by atoms with Gasteiger partial charge in [0.1, 0.15) is 0 Å². The molecule has 242 valence electrons. The third-order valence-corrected chi connectivity index (χ3v) is 7.16. The van der Waals surface area contributed by atoms with Gasteiger partial charge in [-0.05, 0) is 55.2 Å². The zero-order chi connectivity index (χ0) is 32.7. The number of carbonyl (C=O) groups is 1. The van der Waals surface area contributed by atoms with E-state index in [0.29, 0.717) is 11.5 Å². The van der Waals surface area contributed by atoms with Crippen LogP contribution in [0.2, 0.25) is 0 Å². The Morgan fingerprint density at radius 3 is 1.57 bits per heavy atom. The number of hydrogen-bond acceptors (Lipinski definition) is 2. The zero-order valence-corrected chi connectivity index (χ0v) is 21.1. The highest BCUT2D eigenvalue weighted by Gasteiger charge is 2.93. The number of hydrogen-bond donors (Lipinski definition) is 0. The van der Waals surface area contributed by atoms with Crippen LogP contribution in [0.5, 0.6) is 0 Å². The Balaban J connectivity index is 2.23. The third-order valence-electron chi connectivity index (χ3n) is 7.16. The first kappa shape index (κ1) is 35.8. The van der Waals surface area contributed by atoms with Gasteiger partial charge in [-0.15, -0.1) is 0 Å². The fourth-order valence-electron chi connectivity index (χ4n) is 4.29. The molecule has 0 amide bonds. The largest absolute Gasteiger partial charge is 0.455 e. The van der Waals surface area contributed by atoms with Crippen molar-refractivity contribution >= 4 is 5.97 Å². The molecule has 0 heterocycles. The second-order valence-corrected chi connectivity index (χ2v) is 9.82. The lowest BCUT2D eigenvalue weighted by Crippen LogP contribution is -2.74. The van der Waals surface area contributed by atoms with Gasteiger partial charge in [-0.25, -0.2) is 13.6 Å². The van der Waals surface area contributed by atoms with E-state index in [0.717, 1.165) is 44.2 Å². The van der Waals surface area contributed by atoms with Gasteiger partial charge in [-0.2, -0.15) is 61.5 Å². The van der Waals surface area contributed by atoms with Crippen molar-refractivity contribution in [1.82, 2.24) is 0 Å². The van der Waals surface area contributed by atoms with Crippen molar-refractivity contribution in [3.05, 3.63) is 35.4 Å². The third kappa shape index (κ3) is 5.74. The molecule has 0 bridgehead atoms. The molecule has 0 N–H and O–H groups in total. The van der Waals surface area contributed by atoms with Gasteiger partial charge < -0.3 is 4.74 Å². The molecule has 0 saturated heterocycles. The minimum atomic E-state index is -8.50. The van der Waals surface area contributed by atoms with Crippen LogP contribution in [0.4, 0.5) is 70.2 Å². The van der Waals surface area contributed by atoms with Crippen LogP contribution in [0.3, 0.4) is 0 Å². The molecule has 1 aliphatic carbocycles. The summed E-state index contributed by atoms with van der Waals surface area (Å²) in [7, 11) is 0. The van der Waals surface area contributed by atoms with E-state index in [1.165, 1.54) is 12.1 Å². The van der Waals surface area contributed by atoms with Gasteiger partial charge in [0.05, 0.1) is 5.56 Å². The van der Waals surface area contributed by atoms with E-state index >= 15 is 0 Å². The molecule has 1 aromatic rings. The Bertz CT molecular complexity index is 1080. The number of alkyl halides is 16. The lowest BCUT2D eigenvalue weighted by Gasteiger charge is -2.42. The first-order chi connectivity index (χ1) is 18.8. The van der Waals surface area contributed by atoms with Crippen LogP contribution in [-0.4, -0.2) is 60.5 Å². The van der Waals surface area contributed by atoms with Gasteiger partial charge in [0.25, 0.3) is 0 Å². The molecule has 2 nitrogen and oxygen atoms in total. The molecule has 0 unspecified atom stereocenters. The second kappa shape index (κ2) is 11.6. The summed E-state index contributed by atoms with van der Waals surface area (Å²) in [6.07, 6.45) is -1.60. The maximum Gasteiger partial charge on any atom is 0.385 e. The van der Waals surface area contributed by atoms with Crippen molar-refractivity contribution in [1.29, 1.82) is 0 Å². The van der Waals surface area contributed by atoms with Crippen LogP contribution in [0.15, 0.2) is 24.3 Å². The standard InChI is InChI=1S/C24H22F16O2/c1-2-12-3-5-13(6-4-12)14-7-9-15(10-8-14)16(41)42-11-18(27,28)20(31,32)22(35,36)24(39,40)23(37,38)21(33,34)19(29,30)17(25)26/h7-10,12-13,17H,2-6,11H2,1H3. The average molecular weight is 646 g/mol. The molecular weight excluding hydrogens is 624 g/mol. The predicted octanol–water partition coefficient (Wildman–Crippen LogP) is 9.24.